The SMILES string of the molecule is Cc1c(N=C2O[C@](O[SiH](C)C)(C(F)(F)F)[C@@H]3[C@@H](C(C)(C)C)CCN23)ccc(C#N)c1Cl. The van der Waals surface area contributed by atoms with Crippen LogP contribution < -0.4 is 0 Å². The number of amidine groups is 1. The largest absolute Gasteiger partial charge is 0.456 e. The molecule has 2 saturated heterocycles. The molecule has 0 N–H and O–H groups in total. The van der Waals surface area contributed by atoms with Crippen molar-refractivity contribution in [3.8, 4) is 6.07 Å². The molecule has 3 rings (SSSR count). The van der Waals surface area contributed by atoms with Gasteiger partial charge in [0.2, 0.25) is 0 Å². The molecule has 31 heavy (non-hydrogen) atoms. The molecule has 2 aliphatic rings. The van der Waals surface area contributed by atoms with Crippen molar-refractivity contribution in [2.75, 3.05) is 6.54 Å². The molecule has 2 fully saturated rings. The van der Waals surface area contributed by atoms with Crippen molar-refractivity contribution >= 4 is 32.4 Å². The molecule has 0 amide bonds. The Kier molecular flexibility index (Phi) is 6.15. The highest BCUT2D eigenvalue weighted by Gasteiger charge is 2.74. The highest BCUT2D eigenvalue weighted by atomic mass is 35.5. The van der Waals surface area contributed by atoms with Crippen LogP contribution in [0.3, 0.4) is 0 Å². The second-order valence-electron chi connectivity index (χ2n) is 9.41. The van der Waals surface area contributed by atoms with Gasteiger partial charge in [-0.05, 0) is 55.5 Å². The fraction of sp³-hybridized carbons (Fsp3) is 0.619. The van der Waals surface area contributed by atoms with Gasteiger partial charge < -0.3 is 14.1 Å². The number of nitriles is 1. The van der Waals surface area contributed by atoms with Gasteiger partial charge in [0, 0.05) is 6.54 Å². The quantitative estimate of drug-likeness (QED) is 0.541. The molecule has 1 aromatic rings. The van der Waals surface area contributed by atoms with Crippen LogP contribution in [-0.4, -0.2) is 44.5 Å². The molecule has 1 aromatic carbocycles. The minimum Gasteiger partial charge on any atom is -0.421 e. The zero-order valence-corrected chi connectivity index (χ0v) is 20.4. The Labute approximate surface area is 187 Å². The van der Waals surface area contributed by atoms with E-state index in [0.29, 0.717) is 24.2 Å². The number of alkyl halides is 3. The van der Waals surface area contributed by atoms with E-state index in [-0.39, 0.29) is 27.9 Å². The fourth-order valence-corrected chi connectivity index (χ4v) is 5.67. The number of ether oxygens (including phenoxy) is 1. The molecule has 5 nitrogen and oxygen atoms in total. The summed E-state index contributed by atoms with van der Waals surface area (Å²) >= 11 is 6.23. The lowest BCUT2D eigenvalue weighted by molar-refractivity contribution is -0.335. The van der Waals surface area contributed by atoms with Crippen LogP contribution in [0.25, 0.3) is 0 Å². The lowest BCUT2D eigenvalue weighted by Gasteiger charge is -2.41. The third kappa shape index (κ3) is 4.05. The lowest BCUT2D eigenvalue weighted by Crippen LogP contribution is -2.61. The summed E-state index contributed by atoms with van der Waals surface area (Å²) in [5.74, 6) is -3.06. The summed E-state index contributed by atoms with van der Waals surface area (Å²) in [5, 5.41) is 9.37. The van der Waals surface area contributed by atoms with Gasteiger partial charge in [-0.1, -0.05) is 32.4 Å². The van der Waals surface area contributed by atoms with E-state index in [4.69, 9.17) is 26.0 Å². The first kappa shape index (κ1) is 23.9. The number of hydrogen-bond donors (Lipinski definition) is 0. The molecule has 2 aliphatic heterocycles. The number of fused-ring (bicyclic) bond motifs is 1. The average Bonchev–Trinajstić information content (AvgIpc) is 3.19. The number of aliphatic imine (C=N–C) groups is 1. The predicted molar refractivity (Wildman–Crippen MR) is 116 cm³/mol. The van der Waals surface area contributed by atoms with Crippen LogP contribution in [-0.2, 0) is 9.16 Å². The molecule has 0 bridgehead atoms. The molecule has 170 valence electrons. The highest BCUT2D eigenvalue weighted by molar-refractivity contribution is 6.48. The Bertz CT molecular complexity index is 940. The maximum Gasteiger partial charge on any atom is 0.456 e. The summed E-state index contributed by atoms with van der Waals surface area (Å²) in [6, 6.07) is 3.90. The van der Waals surface area contributed by atoms with Gasteiger partial charge in [-0.2, -0.15) is 23.4 Å². The monoisotopic (exact) mass is 473 g/mol. The number of halogens is 4. The average molecular weight is 474 g/mol. The van der Waals surface area contributed by atoms with Crippen molar-refractivity contribution < 1.29 is 22.3 Å². The van der Waals surface area contributed by atoms with Crippen molar-refractivity contribution in [2.24, 2.45) is 16.3 Å². The van der Waals surface area contributed by atoms with E-state index in [0.717, 1.165) is 0 Å². The molecule has 0 aliphatic carbocycles. The van der Waals surface area contributed by atoms with Crippen LogP contribution in [0.1, 0.15) is 38.3 Å². The van der Waals surface area contributed by atoms with Gasteiger partial charge >= 0.3 is 12.0 Å². The van der Waals surface area contributed by atoms with Crippen molar-refractivity contribution in [3.63, 3.8) is 0 Å². The summed E-state index contributed by atoms with van der Waals surface area (Å²) in [6.07, 6.45) is -4.17. The van der Waals surface area contributed by atoms with Crippen LogP contribution in [0.2, 0.25) is 18.1 Å². The van der Waals surface area contributed by atoms with Gasteiger partial charge in [0.15, 0.2) is 9.04 Å². The second-order valence-corrected chi connectivity index (χ2v) is 12.1. The van der Waals surface area contributed by atoms with E-state index in [1.165, 1.54) is 6.07 Å². The molecule has 3 atom stereocenters. The number of benzene rings is 1. The van der Waals surface area contributed by atoms with Gasteiger partial charge in [-0.3, -0.25) is 0 Å². The molecule has 0 aromatic heterocycles. The first-order valence-corrected chi connectivity index (χ1v) is 13.4. The zero-order chi connectivity index (χ0) is 23.4. The van der Waals surface area contributed by atoms with Crippen LogP contribution in [0.5, 0.6) is 0 Å². The fourth-order valence-electron chi connectivity index (χ4n) is 4.45. The molecular weight excluding hydrogens is 447 g/mol. The highest BCUT2D eigenvalue weighted by Crippen LogP contribution is 2.54. The van der Waals surface area contributed by atoms with Gasteiger partial charge in [-0.25, -0.2) is 0 Å². The molecule has 10 heteroatoms. The van der Waals surface area contributed by atoms with E-state index in [1.54, 1.807) is 31.0 Å². The van der Waals surface area contributed by atoms with Crippen LogP contribution in [0, 0.1) is 29.6 Å². The van der Waals surface area contributed by atoms with Gasteiger partial charge in [0.05, 0.1) is 16.3 Å². The molecule has 0 spiro atoms. The summed E-state index contributed by atoms with van der Waals surface area (Å²) in [4.78, 5) is 6.02. The molecule has 2 heterocycles. The van der Waals surface area contributed by atoms with Crippen LogP contribution >= 0.6 is 11.6 Å². The Morgan fingerprint density at radius 1 is 1.32 bits per heavy atom. The summed E-state index contributed by atoms with van der Waals surface area (Å²) < 4.78 is 55.0. The minimum atomic E-state index is -4.74. The van der Waals surface area contributed by atoms with E-state index in [9.17, 15) is 13.2 Å². The number of rotatable bonds is 3. The second kappa shape index (κ2) is 7.98. The van der Waals surface area contributed by atoms with E-state index < -0.39 is 27.0 Å². The van der Waals surface area contributed by atoms with E-state index in [1.807, 2.05) is 26.8 Å². The predicted octanol–water partition coefficient (Wildman–Crippen LogP) is 5.53. The van der Waals surface area contributed by atoms with Crippen molar-refractivity contribution in [3.05, 3.63) is 28.3 Å². The Morgan fingerprint density at radius 2 is 1.97 bits per heavy atom. The maximum atomic E-state index is 14.6. The zero-order valence-electron chi connectivity index (χ0n) is 18.5. The molecule has 0 unspecified atom stereocenters. The van der Waals surface area contributed by atoms with Gasteiger partial charge in [0.1, 0.15) is 12.1 Å². The number of hydrogen-bond acceptors (Lipinski definition) is 4. The normalized spacial score (nSPS) is 27.5. The molecular formula is C21H27ClF3N3O2Si. The van der Waals surface area contributed by atoms with Crippen LogP contribution in [0.15, 0.2) is 17.1 Å². The standard InChI is InChI=1S/C21H27ClF3N3O2Si/c1-12-15(8-7-13(11-26)16(12)22)27-18-28-10-9-14(19(2,3)4)17(28)20(29-18,21(23,24)25)30-31(5)6/h7-8,14,17,31H,9-10H2,1-6H3/t14-,17-,20+/m0/s1. The van der Waals surface area contributed by atoms with Crippen LogP contribution in [0.4, 0.5) is 18.9 Å². The topological polar surface area (TPSA) is 57.9 Å². The van der Waals surface area contributed by atoms with Crippen molar-refractivity contribution in [2.45, 2.75) is 65.2 Å². The third-order valence-electron chi connectivity index (χ3n) is 5.89. The maximum absolute atomic E-state index is 14.6. The Balaban J connectivity index is 2.17. The first-order valence-electron chi connectivity index (χ1n) is 10.2. The summed E-state index contributed by atoms with van der Waals surface area (Å²) in [7, 11) is -2.15. The minimum absolute atomic E-state index is 0.118. The summed E-state index contributed by atoms with van der Waals surface area (Å²) in [5.41, 5.74) is 0.756. The van der Waals surface area contributed by atoms with Gasteiger partial charge in [-0.15, -0.1) is 0 Å². The van der Waals surface area contributed by atoms with E-state index >= 15 is 0 Å². The van der Waals surface area contributed by atoms with Crippen molar-refractivity contribution in [1.82, 2.24) is 4.90 Å². The summed E-state index contributed by atoms with van der Waals surface area (Å²) in [6.45, 7) is 11.3. The Morgan fingerprint density at radius 3 is 2.48 bits per heavy atom. The number of nitrogens with zero attached hydrogens (tertiary/aromatic N) is 3. The Hall–Kier alpha value is -1.76. The van der Waals surface area contributed by atoms with Gasteiger partial charge in [0.25, 0.3) is 6.02 Å². The smallest absolute Gasteiger partial charge is 0.421 e. The lowest BCUT2D eigenvalue weighted by atomic mass is 9.74. The van der Waals surface area contributed by atoms with Crippen molar-refractivity contribution in [1.29, 1.82) is 5.26 Å². The molecule has 0 saturated carbocycles. The first-order chi connectivity index (χ1) is 14.2. The van der Waals surface area contributed by atoms with E-state index in [2.05, 4.69) is 4.99 Å². The molecule has 0 radical (unpaired) electrons. The third-order valence-corrected chi connectivity index (χ3v) is 7.20.